The summed E-state index contributed by atoms with van der Waals surface area (Å²) in [6.45, 7) is 4.04. The van der Waals surface area contributed by atoms with Gasteiger partial charge < -0.3 is 5.32 Å². The van der Waals surface area contributed by atoms with Crippen LogP contribution in [0.5, 0.6) is 0 Å². The van der Waals surface area contributed by atoms with Crippen molar-refractivity contribution < 1.29 is 0 Å². The molecule has 1 fully saturated rings. The van der Waals surface area contributed by atoms with Crippen LogP contribution in [0.4, 0.5) is 5.82 Å². The van der Waals surface area contributed by atoms with Gasteiger partial charge in [0.05, 0.1) is 17.2 Å². The Hall–Kier alpha value is -1.53. The van der Waals surface area contributed by atoms with Crippen LogP contribution in [0, 0.1) is 6.92 Å². The van der Waals surface area contributed by atoms with Crippen molar-refractivity contribution in [2.75, 3.05) is 18.9 Å². The molecule has 1 aliphatic heterocycles. The van der Waals surface area contributed by atoms with Gasteiger partial charge >= 0.3 is 0 Å². The summed E-state index contributed by atoms with van der Waals surface area (Å²) in [5, 5.41) is 3.11. The summed E-state index contributed by atoms with van der Waals surface area (Å²) in [6.07, 6.45) is 4.35. The largest absolute Gasteiger partial charge is 0.373 e. The molecule has 0 aromatic carbocycles. The summed E-state index contributed by atoms with van der Waals surface area (Å²) < 4.78 is 0. The van der Waals surface area contributed by atoms with Gasteiger partial charge in [0.25, 0.3) is 0 Å². The predicted octanol–water partition coefficient (Wildman–Crippen LogP) is 2.62. The highest BCUT2D eigenvalue weighted by molar-refractivity contribution is 7.09. The van der Waals surface area contributed by atoms with E-state index in [9.17, 15) is 0 Å². The Morgan fingerprint density at radius 2 is 2.35 bits per heavy atom. The maximum absolute atomic E-state index is 4.64. The minimum atomic E-state index is 0.394. The molecule has 1 saturated heterocycles. The Kier molecular flexibility index (Phi) is 3.93. The van der Waals surface area contributed by atoms with Gasteiger partial charge in [-0.15, -0.1) is 11.3 Å². The normalized spacial score (nSPS) is 19.4. The van der Waals surface area contributed by atoms with E-state index in [1.54, 1.807) is 11.3 Å². The first-order chi connectivity index (χ1) is 9.76. The highest BCUT2D eigenvalue weighted by atomic mass is 32.1. The van der Waals surface area contributed by atoms with Crippen LogP contribution >= 0.6 is 11.3 Å². The van der Waals surface area contributed by atoms with Crippen molar-refractivity contribution in [3.63, 3.8) is 0 Å². The van der Waals surface area contributed by atoms with Gasteiger partial charge in [-0.05, 0) is 26.3 Å². The Morgan fingerprint density at radius 1 is 1.45 bits per heavy atom. The van der Waals surface area contributed by atoms with Crippen molar-refractivity contribution in [2.24, 2.45) is 0 Å². The molecule has 3 heterocycles. The van der Waals surface area contributed by atoms with E-state index in [4.69, 9.17) is 0 Å². The summed E-state index contributed by atoms with van der Waals surface area (Å²) in [6, 6.07) is 2.47. The smallest absolute Gasteiger partial charge is 0.129 e. The van der Waals surface area contributed by atoms with Crippen molar-refractivity contribution >= 4 is 17.2 Å². The molecule has 0 aliphatic carbocycles. The van der Waals surface area contributed by atoms with Crippen LogP contribution in [0.1, 0.15) is 35.3 Å². The zero-order valence-electron chi connectivity index (χ0n) is 11.8. The number of aryl methyl sites for hydroxylation is 1. The summed E-state index contributed by atoms with van der Waals surface area (Å²) in [7, 11) is 1.90. The molecule has 1 N–H and O–H groups in total. The maximum Gasteiger partial charge on any atom is 0.129 e. The molecule has 1 atom stereocenters. The quantitative estimate of drug-likeness (QED) is 0.937. The van der Waals surface area contributed by atoms with Gasteiger partial charge in [0.1, 0.15) is 11.6 Å². The number of thiazole rings is 1. The van der Waals surface area contributed by atoms with Crippen LogP contribution in [0.25, 0.3) is 0 Å². The third-order valence-electron chi connectivity index (χ3n) is 3.66. The fourth-order valence-corrected chi connectivity index (χ4v) is 3.38. The van der Waals surface area contributed by atoms with Crippen molar-refractivity contribution in [3.05, 3.63) is 34.2 Å². The molecule has 20 heavy (non-hydrogen) atoms. The van der Waals surface area contributed by atoms with E-state index in [1.807, 2.05) is 25.7 Å². The Bertz CT molecular complexity index is 569. The molecule has 0 saturated carbocycles. The lowest BCUT2D eigenvalue weighted by Crippen LogP contribution is -2.23. The maximum atomic E-state index is 4.64. The minimum absolute atomic E-state index is 0.394. The fraction of sp³-hybridized carbons (Fsp3) is 0.500. The summed E-state index contributed by atoms with van der Waals surface area (Å²) >= 11 is 1.72. The number of likely N-dealkylation sites (tertiary alicyclic amines) is 1. The zero-order valence-corrected chi connectivity index (χ0v) is 12.7. The van der Waals surface area contributed by atoms with Crippen LogP contribution in [-0.4, -0.2) is 33.4 Å². The molecule has 0 amide bonds. The average molecular weight is 289 g/mol. The summed E-state index contributed by atoms with van der Waals surface area (Å²) in [5.41, 5.74) is 3.03. The molecule has 3 rings (SSSR count). The molecule has 0 spiro atoms. The number of aromatic nitrogens is 3. The number of hydrogen-bond acceptors (Lipinski definition) is 6. The monoisotopic (exact) mass is 289 g/mol. The number of nitrogens with one attached hydrogen (secondary N) is 1. The van der Waals surface area contributed by atoms with Crippen LogP contribution < -0.4 is 5.32 Å². The number of nitrogens with zero attached hydrogens (tertiary/aromatic N) is 4. The van der Waals surface area contributed by atoms with Crippen LogP contribution in [-0.2, 0) is 6.54 Å². The highest BCUT2D eigenvalue weighted by Crippen LogP contribution is 2.33. The van der Waals surface area contributed by atoms with E-state index in [1.165, 1.54) is 17.7 Å². The Balaban J connectivity index is 1.82. The lowest BCUT2D eigenvalue weighted by Gasteiger charge is -2.23. The molecule has 0 unspecified atom stereocenters. The van der Waals surface area contributed by atoms with Crippen molar-refractivity contribution in [1.29, 1.82) is 0 Å². The molecule has 1 aliphatic rings. The third kappa shape index (κ3) is 2.81. The molecule has 0 radical (unpaired) electrons. The first-order valence-electron chi connectivity index (χ1n) is 6.91. The Labute approximate surface area is 123 Å². The van der Waals surface area contributed by atoms with Crippen LogP contribution in [0.15, 0.2) is 17.8 Å². The van der Waals surface area contributed by atoms with Gasteiger partial charge in [0, 0.05) is 30.7 Å². The Morgan fingerprint density at radius 3 is 3.10 bits per heavy atom. The SMILES string of the molecule is CNc1cc([C@H]2CCCN2Cc2cncs2)nc(C)n1. The second-order valence-electron chi connectivity index (χ2n) is 5.07. The van der Waals surface area contributed by atoms with Gasteiger partial charge in [-0.2, -0.15) is 0 Å². The first kappa shape index (κ1) is 13.5. The predicted molar refractivity (Wildman–Crippen MR) is 80.8 cm³/mol. The van der Waals surface area contributed by atoms with Crippen molar-refractivity contribution in [1.82, 2.24) is 19.9 Å². The zero-order chi connectivity index (χ0) is 13.9. The second-order valence-corrected chi connectivity index (χ2v) is 6.04. The number of anilines is 1. The highest BCUT2D eigenvalue weighted by Gasteiger charge is 2.28. The van der Waals surface area contributed by atoms with Gasteiger partial charge in [-0.1, -0.05) is 0 Å². The van der Waals surface area contributed by atoms with E-state index >= 15 is 0 Å². The topological polar surface area (TPSA) is 53.9 Å². The van der Waals surface area contributed by atoms with E-state index in [0.29, 0.717) is 6.04 Å². The van der Waals surface area contributed by atoms with Crippen LogP contribution in [0.3, 0.4) is 0 Å². The van der Waals surface area contributed by atoms with E-state index in [2.05, 4.69) is 31.2 Å². The van der Waals surface area contributed by atoms with Gasteiger partial charge in [0.2, 0.25) is 0 Å². The van der Waals surface area contributed by atoms with E-state index < -0.39 is 0 Å². The second kappa shape index (κ2) is 5.85. The lowest BCUT2D eigenvalue weighted by molar-refractivity contribution is 0.246. The molecule has 5 nitrogen and oxygen atoms in total. The van der Waals surface area contributed by atoms with Crippen LogP contribution in [0.2, 0.25) is 0 Å². The molecule has 6 heteroatoms. The summed E-state index contributed by atoms with van der Waals surface area (Å²) in [5.74, 6) is 1.73. The molecular formula is C14H19N5S. The molecule has 2 aromatic heterocycles. The number of hydrogen-bond donors (Lipinski definition) is 1. The molecular weight excluding hydrogens is 270 g/mol. The average Bonchev–Trinajstić information content (AvgIpc) is 3.10. The van der Waals surface area contributed by atoms with Gasteiger partial charge in [-0.25, -0.2) is 9.97 Å². The lowest BCUT2D eigenvalue weighted by atomic mass is 10.1. The van der Waals surface area contributed by atoms with E-state index in [0.717, 1.165) is 30.4 Å². The number of rotatable bonds is 4. The van der Waals surface area contributed by atoms with Crippen molar-refractivity contribution in [3.8, 4) is 0 Å². The van der Waals surface area contributed by atoms with E-state index in [-0.39, 0.29) is 0 Å². The van der Waals surface area contributed by atoms with Gasteiger partial charge in [0.15, 0.2) is 0 Å². The first-order valence-corrected chi connectivity index (χ1v) is 7.79. The van der Waals surface area contributed by atoms with Gasteiger partial charge in [-0.3, -0.25) is 9.88 Å². The standard InChI is InChI=1S/C14H19N5S/c1-10-17-12(6-14(15-2)18-10)13-4-3-5-19(13)8-11-7-16-9-20-11/h6-7,9,13H,3-5,8H2,1-2H3,(H,15,17,18)/t13-/m1/s1. The van der Waals surface area contributed by atoms with Crippen molar-refractivity contribution in [2.45, 2.75) is 32.4 Å². The molecule has 2 aromatic rings. The minimum Gasteiger partial charge on any atom is -0.373 e. The summed E-state index contributed by atoms with van der Waals surface area (Å²) in [4.78, 5) is 17.0. The third-order valence-corrected chi connectivity index (χ3v) is 4.43. The molecule has 106 valence electrons. The fourth-order valence-electron chi connectivity index (χ4n) is 2.76. The molecule has 0 bridgehead atoms.